The standard InChI is InChI=1S/C23H25N5O4/c1-2-31-19-10-8-18(9-11-19)25-23(30)24-13-20-26-22(27-32-20)17-12-21(29)28(15-17)14-16-6-4-3-5-7-16/h3-11,17H,2,12-15H2,1H3,(H2,24,25,30)/t17-/m0/s1. The van der Waals surface area contributed by atoms with E-state index in [0.717, 1.165) is 11.3 Å². The molecule has 0 aliphatic carbocycles. The minimum atomic E-state index is -0.390. The maximum Gasteiger partial charge on any atom is 0.319 e. The molecule has 2 heterocycles. The van der Waals surface area contributed by atoms with Gasteiger partial charge in [-0.2, -0.15) is 4.98 Å². The number of carbonyl (C=O) groups excluding carboxylic acids is 2. The van der Waals surface area contributed by atoms with Crippen molar-refractivity contribution in [1.82, 2.24) is 20.4 Å². The summed E-state index contributed by atoms with van der Waals surface area (Å²) in [6, 6.07) is 16.6. The summed E-state index contributed by atoms with van der Waals surface area (Å²) in [5.74, 6) is 1.46. The number of rotatable bonds is 8. The Morgan fingerprint density at radius 2 is 1.97 bits per heavy atom. The van der Waals surface area contributed by atoms with Crippen molar-refractivity contribution in [2.75, 3.05) is 18.5 Å². The Hall–Kier alpha value is -3.88. The first-order valence-corrected chi connectivity index (χ1v) is 10.5. The second-order valence-corrected chi connectivity index (χ2v) is 7.47. The quantitative estimate of drug-likeness (QED) is 0.562. The van der Waals surface area contributed by atoms with Gasteiger partial charge in [0.2, 0.25) is 11.8 Å². The summed E-state index contributed by atoms with van der Waals surface area (Å²) in [4.78, 5) is 30.7. The van der Waals surface area contributed by atoms with Gasteiger partial charge in [0.25, 0.3) is 0 Å². The van der Waals surface area contributed by atoms with Crippen LogP contribution < -0.4 is 15.4 Å². The molecule has 4 rings (SSSR count). The van der Waals surface area contributed by atoms with E-state index < -0.39 is 0 Å². The van der Waals surface area contributed by atoms with Crippen molar-refractivity contribution >= 4 is 17.6 Å². The molecule has 9 heteroatoms. The number of ether oxygens (including phenoxy) is 1. The van der Waals surface area contributed by atoms with E-state index in [2.05, 4.69) is 20.8 Å². The number of carbonyl (C=O) groups is 2. The van der Waals surface area contributed by atoms with Crippen LogP contribution in [0.15, 0.2) is 59.1 Å². The molecular formula is C23H25N5O4. The van der Waals surface area contributed by atoms with Crippen LogP contribution in [0.3, 0.4) is 0 Å². The first kappa shape index (κ1) is 21.4. The number of aromatic nitrogens is 2. The number of benzene rings is 2. The maximum absolute atomic E-state index is 12.4. The molecule has 0 bridgehead atoms. The third-order valence-corrected chi connectivity index (χ3v) is 5.10. The molecule has 1 atom stereocenters. The first-order valence-electron chi connectivity index (χ1n) is 10.5. The van der Waals surface area contributed by atoms with E-state index in [1.54, 1.807) is 29.2 Å². The molecule has 1 aliphatic heterocycles. The number of nitrogens with zero attached hydrogens (tertiary/aromatic N) is 3. The van der Waals surface area contributed by atoms with Crippen LogP contribution >= 0.6 is 0 Å². The van der Waals surface area contributed by atoms with E-state index in [-0.39, 0.29) is 30.3 Å². The van der Waals surface area contributed by atoms with Crippen molar-refractivity contribution < 1.29 is 18.8 Å². The van der Waals surface area contributed by atoms with E-state index in [1.807, 2.05) is 37.3 Å². The first-order chi connectivity index (χ1) is 15.6. The topological polar surface area (TPSA) is 110 Å². The summed E-state index contributed by atoms with van der Waals surface area (Å²) in [6.45, 7) is 3.68. The van der Waals surface area contributed by atoms with E-state index in [9.17, 15) is 9.59 Å². The van der Waals surface area contributed by atoms with Crippen molar-refractivity contribution in [1.29, 1.82) is 0 Å². The van der Waals surface area contributed by atoms with Gasteiger partial charge in [-0.05, 0) is 36.8 Å². The van der Waals surface area contributed by atoms with Gasteiger partial charge in [0.15, 0.2) is 5.82 Å². The zero-order valence-electron chi connectivity index (χ0n) is 17.8. The normalized spacial score (nSPS) is 15.6. The zero-order chi connectivity index (χ0) is 22.3. The lowest BCUT2D eigenvalue weighted by Crippen LogP contribution is -2.28. The molecule has 3 amide bonds. The van der Waals surface area contributed by atoms with Crippen molar-refractivity contribution in [3.63, 3.8) is 0 Å². The largest absolute Gasteiger partial charge is 0.494 e. The second-order valence-electron chi connectivity index (χ2n) is 7.47. The highest BCUT2D eigenvalue weighted by molar-refractivity contribution is 5.89. The second kappa shape index (κ2) is 9.95. The SMILES string of the molecule is CCOc1ccc(NC(=O)NCc2nc([C@H]3CC(=O)N(Cc4ccccc4)C3)no2)cc1. The van der Waals surface area contributed by atoms with Crippen molar-refractivity contribution in [2.45, 2.75) is 32.4 Å². The summed E-state index contributed by atoms with van der Waals surface area (Å²) in [7, 11) is 0. The van der Waals surface area contributed by atoms with Gasteiger partial charge < -0.3 is 24.8 Å². The number of nitrogens with one attached hydrogen (secondary N) is 2. The van der Waals surface area contributed by atoms with Crippen LogP contribution in [0.25, 0.3) is 0 Å². The molecular weight excluding hydrogens is 410 g/mol. The molecule has 1 saturated heterocycles. The third-order valence-electron chi connectivity index (χ3n) is 5.10. The fourth-order valence-corrected chi connectivity index (χ4v) is 3.54. The van der Waals surface area contributed by atoms with Crippen LogP contribution in [0.2, 0.25) is 0 Å². The molecule has 2 N–H and O–H groups in total. The predicted octanol–water partition coefficient (Wildman–Crippen LogP) is 3.31. The number of likely N-dealkylation sites (tertiary alicyclic amines) is 1. The highest BCUT2D eigenvalue weighted by Crippen LogP contribution is 2.27. The van der Waals surface area contributed by atoms with Crippen LogP contribution in [0.4, 0.5) is 10.5 Å². The lowest BCUT2D eigenvalue weighted by molar-refractivity contribution is -0.128. The maximum atomic E-state index is 12.4. The molecule has 0 radical (unpaired) electrons. The highest BCUT2D eigenvalue weighted by Gasteiger charge is 2.33. The number of hydrogen-bond donors (Lipinski definition) is 2. The summed E-state index contributed by atoms with van der Waals surface area (Å²) >= 11 is 0. The Bertz CT molecular complexity index is 1050. The van der Waals surface area contributed by atoms with Gasteiger partial charge in [-0.15, -0.1) is 0 Å². The van der Waals surface area contributed by atoms with E-state index >= 15 is 0 Å². The van der Waals surface area contributed by atoms with Crippen LogP contribution in [-0.4, -0.2) is 40.1 Å². The summed E-state index contributed by atoms with van der Waals surface area (Å²) in [5.41, 5.74) is 1.72. The predicted molar refractivity (Wildman–Crippen MR) is 117 cm³/mol. The van der Waals surface area contributed by atoms with Crippen molar-refractivity contribution in [3.8, 4) is 5.75 Å². The molecule has 2 aromatic carbocycles. The van der Waals surface area contributed by atoms with E-state index in [1.165, 1.54) is 0 Å². The van der Waals surface area contributed by atoms with Gasteiger partial charge in [-0.3, -0.25) is 4.79 Å². The number of anilines is 1. The smallest absolute Gasteiger partial charge is 0.319 e. The average Bonchev–Trinajstić information content (AvgIpc) is 3.41. The molecule has 0 spiro atoms. The molecule has 1 aliphatic rings. The third kappa shape index (κ3) is 5.42. The van der Waals surface area contributed by atoms with E-state index in [4.69, 9.17) is 9.26 Å². The van der Waals surface area contributed by atoms with Gasteiger partial charge in [-0.25, -0.2) is 4.79 Å². The molecule has 9 nitrogen and oxygen atoms in total. The molecule has 0 saturated carbocycles. The molecule has 3 aromatic rings. The van der Waals surface area contributed by atoms with Crippen LogP contribution in [0, 0.1) is 0 Å². The Morgan fingerprint density at radius 1 is 1.19 bits per heavy atom. The molecule has 0 unspecified atom stereocenters. The van der Waals surface area contributed by atoms with Gasteiger partial charge in [0.05, 0.1) is 13.2 Å². The van der Waals surface area contributed by atoms with Crippen molar-refractivity contribution in [2.24, 2.45) is 0 Å². The summed E-state index contributed by atoms with van der Waals surface area (Å²) < 4.78 is 10.6. The van der Waals surface area contributed by atoms with E-state index in [0.29, 0.717) is 37.6 Å². The molecule has 1 fully saturated rings. The monoisotopic (exact) mass is 435 g/mol. The van der Waals surface area contributed by atoms with Gasteiger partial charge in [-0.1, -0.05) is 35.5 Å². The molecule has 32 heavy (non-hydrogen) atoms. The van der Waals surface area contributed by atoms with Gasteiger partial charge in [0, 0.05) is 31.1 Å². The van der Waals surface area contributed by atoms with Gasteiger partial charge >= 0.3 is 6.03 Å². The van der Waals surface area contributed by atoms with Crippen molar-refractivity contribution in [3.05, 3.63) is 71.9 Å². The Balaban J connectivity index is 1.26. The molecule has 1 aromatic heterocycles. The molecule has 166 valence electrons. The Morgan fingerprint density at radius 3 is 2.72 bits per heavy atom. The lowest BCUT2D eigenvalue weighted by Gasteiger charge is -2.15. The fraction of sp³-hybridized carbons (Fsp3) is 0.304. The fourth-order valence-electron chi connectivity index (χ4n) is 3.54. The van der Waals surface area contributed by atoms with Crippen LogP contribution in [-0.2, 0) is 17.9 Å². The highest BCUT2D eigenvalue weighted by atomic mass is 16.5. The lowest BCUT2D eigenvalue weighted by atomic mass is 10.1. The Kier molecular flexibility index (Phi) is 6.64. The summed E-state index contributed by atoms with van der Waals surface area (Å²) in [5, 5.41) is 9.43. The summed E-state index contributed by atoms with van der Waals surface area (Å²) in [6.07, 6.45) is 0.345. The Labute approximate surface area is 185 Å². The number of urea groups is 1. The van der Waals surface area contributed by atoms with Crippen LogP contribution in [0.1, 0.15) is 36.5 Å². The zero-order valence-corrected chi connectivity index (χ0v) is 17.8. The number of hydrogen-bond acceptors (Lipinski definition) is 6. The number of amides is 3. The van der Waals surface area contributed by atoms with Crippen LogP contribution in [0.5, 0.6) is 5.75 Å². The average molecular weight is 435 g/mol. The minimum Gasteiger partial charge on any atom is -0.494 e. The van der Waals surface area contributed by atoms with Gasteiger partial charge in [0.1, 0.15) is 5.75 Å². The minimum absolute atomic E-state index is 0.0676.